The average molecular weight is 335 g/mol. The Kier molecular flexibility index (Phi) is 9.23. The summed E-state index contributed by atoms with van der Waals surface area (Å²) in [6.45, 7) is 7.95. The fourth-order valence-corrected chi connectivity index (χ4v) is 2.71. The van der Waals surface area contributed by atoms with Crippen molar-refractivity contribution in [2.45, 2.75) is 39.5 Å². The van der Waals surface area contributed by atoms with Crippen molar-refractivity contribution < 1.29 is 4.79 Å². The van der Waals surface area contributed by atoms with E-state index < -0.39 is 0 Å². The zero-order valence-corrected chi connectivity index (χ0v) is 15.8. The molecule has 136 valence electrons. The van der Waals surface area contributed by atoms with Gasteiger partial charge in [-0.15, -0.1) is 0 Å². The summed E-state index contributed by atoms with van der Waals surface area (Å²) in [7, 11) is 3.99. The van der Waals surface area contributed by atoms with Crippen LogP contribution in [0.4, 0.5) is 11.4 Å². The lowest BCUT2D eigenvalue weighted by Crippen LogP contribution is -2.31. The molecule has 0 aromatic heterocycles. The minimum atomic E-state index is 0.0955. The van der Waals surface area contributed by atoms with Crippen molar-refractivity contribution in [2.24, 2.45) is 0 Å². The molecule has 3 N–H and O–H groups in total. The Morgan fingerprint density at radius 1 is 1.12 bits per heavy atom. The molecule has 0 radical (unpaired) electrons. The minimum Gasteiger partial charge on any atom is -0.397 e. The normalized spacial score (nSPS) is 10.9. The number of nitrogens with zero attached hydrogens (tertiary/aromatic N) is 2. The summed E-state index contributed by atoms with van der Waals surface area (Å²) >= 11 is 0. The summed E-state index contributed by atoms with van der Waals surface area (Å²) < 4.78 is 0. The molecule has 1 aromatic carbocycles. The molecule has 0 unspecified atom stereocenters. The number of aryl methyl sites for hydroxylation is 1. The van der Waals surface area contributed by atoms with Gasteiger partial charge in [-0.2, -0.15) is 0 Å². The monoisotopic (exact) mass is 334 g/mol. The van der Waals surface area contributed by atoms with E-state index in [0.717, 1.165) is 55.8 Å². The van der Waals surface area contributed by atoms with Crippen LogP contribution in [0.2, 0.25) is 0 Å². The van der Waals surface area contributed by atoms with Crippen LogP contribution in [0.5, 0.6) is 0 Å². The Labute approximate surface area is 147 Å². The van der Waals surface area contributed by atoms with Crippen LogP contribution in [-0.4, -0.2) is 51.1 Å². The van der Waals surface area contributed by atoms with Gasteiger partial charge in [0.2, 0.25) is 5.91 Å². The van der Waals surface area contributed by atoms with E-state index in [1.54, 1.807) is 0 Å². The summed E-state index contributed by atoms with van der Waals surface area (Å²) in [4.78, 5) is 16.3. The van der Waals surface area contributed by atoms with Gasteiger partial charge in [0, 0.05) is 32.6 Å². The number of likely N-dealkylation sites (N-methyl/N-ethyl adjacent to an activating group) is 1. The van der Waals surface area contributed by atoms with Gasteiger partial charge >= 0.3 is 0 Å². The number of nitrogen functional groups attached to an aromatic ring is 1. The van der Waals surface area contributed by atoms with Crippen molar-refractivity contribution in [3.8, 4) is 0 Å². The van der Waals surface area contributed by atoms with Gasteiger partial charge in [0.05, 0.1) is 11.4 Å². The smallest absolute Gasteiger partial charge is 0.220 e. The number of anilines is 2. The second-order valence-corrected chi connectivity index (χ2v) is 6.53. The second-order valence-electron chi connectivity index (χ2n) is 6.53. The van der Waals surface area contributed by atoms with Gasteiger partial charge in [-0.25, -0.2) is 0 Å². The molecular formula is C19H34N4O. The van der Waals surface area contributed by atoms with Crippen LogP contribution in [0.25, 0.3) is 0 Å². The summed E-state index contributed by atoms with van der Waals surface area (Å²) in [5.74, 6) is 0.0955. The third kappa shape index (κ3) is 7.21. The third-order valence-corrected chi connectivity index (χ3v) is 3.94. The van der Waals surface area contributed by atoms with Gasteiger partial charge in [0.25, 0.3) is 0 Å². The topological polar surface area (TPSA) is 61.6 Å². The largest absolute Gasteiger partial charge is 0.397 e. The molecule has 0 saturated heterocycles. The van der Waals surface area contributed by atoms with Gasteiger partial charge in [-0.3, -0.25) is 4.79 Å². The molecule has 1 amide bonds. The SMILES string of the molecule is CCCN(CCC)c1ccc(CCC(=O)NCCN(C)C)cc1N. The average Bonchev–Trinajstić information content (AvgIpc) is 2.52. The molecule has 0 fully saturated rings. The molecule has 24 heavy (non-hydrogen) atoms. The molecule has 0 saturated carbocycles. The van der Waals surface area contributed by atoms with Gasteiger partial charge in [0.1, 0.15) is 0 Å². The van der Waals surface area contributed by atoms with E-state index in [1.165, 1.54) is 0 Å². The highest BCUT2D eigenvalue weighted by atomic mass is 16.1. The number of hydrogen-bond donors (Lipinski definition) is 2. The maximum absolute atomic E-state index is 11.9. The van der Waals surface area contributed by atoms with Crippen LogP contribution in [-0.2, 0) is 11.2 Å². The number of benzene rings is 1. The number of rotatable bonds is 11. The van der Waals surface area contributed by atoms with E-state index >= 15 is 0 Å². The van der Waals surface area contributed by atoms with Crippen molar-refractivity contribution in [2.75, 3.05) is 50.9 Å². The lowest BCUT2D eigenvalue weighted by molar-refractivity contribution is -0.121. The van der Waals surface area contributed by atoms with E-state index in [9.17, 15) is 4.79 Å². The third-order valence-electron chi connectivity index (χ3n) is 3.94. The molecule has 5 nitrogen and oxygen atoms in total. The number of carbonyl (C=O) groups is 1. The van der Waals surface area contributed by atoms with Gasteiger partial charge in [-0.1, -0.05) is 19.9 Å². The number of carbonyl (C=O) groups excluding carboxylic acids is 1. The fourth-order valence-electron chi connectivity index (χ4n) is 2.71. The van der Waals surface area contributed by atoms with Crippen LogP contribution < -0.4 is 16.0 Å². The molecule has 1 rings (SSSR count). The van der Waals surface area contributed by atoms with Crippen molar-refractivity contribution in [1.29, 1.82) is 0 Å². The van der Waals surface area contributed by atoms with Crippen molar-refractivity contribution in [3.63, 3.8) is 0 Å². The number of nitrogens with one attached hydrogen (secondary N) is 1. The summed E-state index contributed by atoms with van der Waals surface area (Å²) in [5.41, 5.74) is 9.29. The molecule has 5 heteroatoms. The first-order valence-corrected chi connectivity index (χ1v) is 9.02. The maximum Gasteiger partial charge on any atom is 0.220 e. The van der Waals surface area contributed by atoms with E-state index in [0.29, 0.717) is 13.0 Å². The number of nitrogens with two attached hydrogens (primary N) is 1. The first-order chi connectivity index (χ1) is 11.5. The standard InChI is InChI=1S/C19H34N4O/c1-5-12-23(13-6-2)18-9-7-16(15-17(18)20)8-10-19(24)21-11-14-22(3)4/h7,9,15H,5-6,8,10-14,20H2,1-4H3,(H,21,24). The summed E-state index contributed by atoms with van der Waals surface area (Å²) in [6.07, 6.45) is 3.43. The molecule has 1 aromatic rings. The highest BCUT2D eigenvalue weighted by Crippen LogP contribution is 2.25. The van der Waals surface area contributed by atoms with Crippen LogP contribution in [0.15, 0.2) is 18.2 Å². The van der Waals surface area contributed by atoms with E-state index in [4.69, 9.17) is 5.73 Å². The van der Waals surface area contributed by atoms with E-state index in [2.05, 4.69) is 41.1 Å². The first-order valence-electron chi connectivity index (χ1n) is 9.02. The Balaban J connectivity index is 2.56. The van der Waals surface area contributed by atoms with Crippen molar-refractivity contribution in [1.82, 2.24) is 10.2 Å². The Morgan fingerprint density at radius 2 is 1.79 bits per heavy atom. The lowest BCUT2D eigenvalue weighted by Gasteiger charge is -2.25. The summed E-state index contributed by atoms with van der Waals surface area (Å²) in [5, 5.41) is 2.94. The van der Waals surface area contributed by atoms with Crippen LogP contribution in [0.1, 0.15) is 38.7 Å². The first kappa shape index (κ1) is 20.3. The summed E-state index contributed by atoms with van der Waals surface area (Å²) in [6, 6.07) is 6.21. The predicted molar refractivity (Wildman–Crippen MR) is 104 cm³/mol. The molecule has 0 aliphatic carbocycles. The van der Waals surface area contributed by atoms with E-state index in [1.807, 2.05) is 20.2 Å². The van der Waals surface area contributed by atoms with Crippen molar-refractivity contribution in [3.05, 3.63) is 23.8 Å². The second kappa shape index (κ2) is 10.9. The number of hydrogen-bond acceptors (Lipinski definition) is 4. The maximum atomic E-state index is 11.9. The number of amides is 1. The molecule has 0 atom stereocenters. The van der Waals surface area contributed by atoms with Crippen LogP contribution >= 0.6 is 0 Å². The zero-order chi connectivity index (χ0) is 17.9. The molecule has 0 spiro atoms. The highest BCUT2D eigenvalue weighted by molar-refractivity contribution is 5.76. The molecule has 0 aliphatic heterocycles. The molecular weight excluding hydrogens is 300 g/mol. The quantitative estimate of drug-likeness (QED) is 0.611. The van der Waals surface area contributed by atoms with Crippen LogP contribution in [0.3, 0.4) is 0 Å². The Hall–Kier alpha value is -1.75. The fraction of sp³-hybridized carbons (Fsp3) is 0.632. The Bertz CT molecular complexity index is 496. The van der Waals surface area contributed by atoms with Gasteiger partial charge in [-0.05, 0) is 51.1 Å². The van der Waals surface area contributed by atoms with Gasteiger partial charge < -0.3 is 20.9 Å². The Morgan fingerprint density at radius 3 is 2.33 bits per heavy atom. The van der Waals surface area contributed by atoms with E-state index in [-0.39, 0.29) is 5.91 Å². The van der Waals surface area contributed by atoms with Crippen LogP contribution in [0, 0.1) is 0 Å². The zero-order valence-electron chi connectivity index (χ0n) is 15.8. The minimum absolute atomic E-state index is 0.0955. The lowest BCUT2D eigenvalue weighted by atomic mass is 10.1. The molecule has 0 bridgehead atoms. The highest BCUT2D eigenvalue weighted by Gasteiger charge is 2.10. The van der Waals surface area contributed by atoms with Gasteiger partial charge in [0.15, 0.2) is 0 Å². The molecule has 0 aliphatic rings. The predicted octanol–water partition coefficient (Wildman–Crippen LogP) is 2.51. The van der Waals surface area contributed by atoms with Crippen molar-refractivity contribution >= 4 is 17.3 Å². The molecule has 0 heterocycles.